The van der Waals surface area contributed by atoms with Crippen molar-refractivity contribution in [3.05, 3.63) is 33.0 Å². The average molecular weight is 353 g/mol. The highest BCUT2D eigenvalue weighted by atomic mass is 79.9. The fourth-order valence-corrected chi connectivity index (χ4v) is 2.75. The number of nitrogens with one attached hydrogen (secondary N) is 1. The molecule has 0 heterocycles. The molecule has 0 bridgehead atoms. The number of halogens is 3. The highest BCUT2D eigenvalue weighted by Gasteiger charge is 2.35. The van der Waals surface area contributed by atoms with Gasteiger partial charge in [-0.05, 0) is 49.3 Å². The Balaban J connectivity index is 3.27. The molecule has 2 nitrogen and oxygen atoms in total. The number of hydrogen-bond donors (Lipinski definition) is 1. The molecule has 0 aliphatic rings. The normalized spacial score (nSPS) is 16.2. The molecule has 108 valence electrons. The lowest BCUT2D eigenvalue weighted by molar-refractivity contribution is -0.0554. The van der Waals surface area contributed by atoms with Crippen LogP contribution in [-0.4, -0.2) is 19.3 Å². The summed E-state index contributed by atoms with van der Waals surface area (Å²) in [6.45, 7) is 6.52. The molecule has 1 N–H and O–H groups in total. The summed E-state index contributed by atoms with van der Waals surface area (Å²) in [5, 5.41) is 3.25. The van der Waals surface area contributed by atoms with Crippen molar-refractivity contribution in [1.82, 2.24) is 5.32 Å². The van der Waals surface area contributed by atoms with Gasteiger partial charge in [-0.1, -0.05) is 24.6 Å². The molecule has 0 radical (unpaired) electrons. The standard InChI is InChI=1S/C14H20BrClFNO/c1-5-14(3,19-6-2)13(18-4)9-7-8-10(15)11(16)12(9)17/h7-8,13,18H,5-6H2,1-4H3. The Morgan fingerprint density at radius 1 is 1.47 bits per heavy atom. The number of hydrogen-bond acceptors (Lipinski definition) is 2. The van der Waals surface area contributed by atoms with Gasteiger partial charge in [0, 0.05) is 16.6 Å². The predicted molar refractivity (Wildman–Crippen MR) is 81.2 cm³/mol. The van der Waals surface area contributed by atoms with E-state index in [1.54, 1.807) is 19.2 Å². The zero-order valence-corrected chi connectivity index (χ0v) is 14.0. The maximum absolute atomic E-state index is 14.3. The first-order valence-electron chi connectivity index (χ1n) is 6.35. The molecule has 0 spiro atoms. The summed E-state index contributed by atoms with van der Waals surface area (Å²) in [5.74, 6) is -0.408. The fraction of sp³-hybridized carbons (Fsp3) is 0.571. The van der Waals surface area contributed by atoms with E-state index in [0.29, 0.717) is 16.6 Å². The molecular formula is C14H20BrClFNO. The van der Waals surface area contributed by atoms with Gasteiger partial charge in [0.1, 0.15) is 5.82 Å². The Hall–Kier alpha value is -0.160. The van der Waals surface area contributed by atoms with Crippen molar-refractivity contribution in [3.8, 4) is 0 Å². The summed E-state index contributed by atoms with van der Waals surface area (Å²) in [7, 11) is 1.80. The number of rotatable bonds is 6. The third-order valence-corrected chi connectivity index (χ3v) is 4.71. The van der Waals surface area contributed by atoms with Gasteiger partial charge in [0.15, 0.2) is 0 Å². The minimum atomic E-state index is -0.485. The second kappa shape index (κ2) is 7.02. The van der Waals surface area contributed by atoms with Gasteiger partial charge in [0.2, 0.25) is 0 Å². The van der Waals surface area contributed by atoms with Gasteiger partial charge in [-0.25, -0.2) is 4.39 Å². The zero-order valence-electron chi connectivity index (χ0n) is 11.7. The maximum atomic E-state index is 14.3. The van der Waals surface area contributed by atoms with E-state index in [0.717, 1.165) is 6.42 Å². The lowest BCUT2D eigenvalue weighted by atomic mass is 9.87. The van der Waals surface area contributed by atoms with Crippen LogP contribution in [0, 0.1) is 5.82 Å². The van der Waals surface area contributed by atoms with E-state index in [-0.39, 0.29) is 11.1 Å². The fourth-order valence-electron chi connectivity index (χ4n) is 2.27. The first-order chi connectivity index (χ1) is 8.91. The monoisotopic (exact) mass is 351 g/mol. The van der Waals surface area contributed by atoms with E-state index in [2.05, 4.69) is 21.2 Å². The Bertz CT molecular complexity index is 444. The lowest BCUT2D eigenvalue weighted by Crippen LogP contribution is -2.42. The molecule has 19 heavy (non-hydrogen) atoms. The first kappa shape index (κ1) is 16.9. The van der Waals surface area contributed by atoms with Crippen LogP contribution in [0.25, 0.3) is 0 Å². The third-order valence-electron chi connectivity index (χ3n) is 3.45. The van der Waals surface area contributed by atoms with Crippen LogP contribution in [0.15, 0.2) is 16.6 Å². The first-order valence-corrected chi connectivity index (χ1v) is 7.53. The molecule has 0 aliphatic carbocycles. The average Bonchev–Trinajstić information content (AvgIpc) is 2.39. The lowest BCUT2D eigenvalue weighted by Gasteiger charge is -2.37. The minimum absolute atomic E-state index is 0.104. The molecule has 2 atom stereocenters. The van der Waals surface area contributed by atoms with Crippen LogP contribution in [0.2, 0.25) is 5.02 Å². The summed E-state index contributed by atoms with van der Waals surface area (Å²) < 4.78 is 20.7. The second-order valence-electron chi connectivity index (χ2n) is 4.59. The van der Waals surface area contributed by atoms with Crippen molar-refractivity contribution < 1.29 is 9.13 Å². The van der Waals surface area contributed by atoms with Gasteiger partial charge in [-0.2, -0.15) is 0 Å². The summed E-state index contributed by atoms with van der Waals surface area (Å²) >= 11 is 9.19. The van der Waals surface area contributed by atoms with Crippen molar-refractivity contribution in [1.29, 1.82) is 0 Å². The van der Waals surface area contributed by atoms with Gasteiger partial charge in [0.05, 0.1) is 16.7 Å². The number of likely N-dealkylation sites (N-methyl/N-ethyl adjacent to an activating group) is 1. The smallest absolute Gasteiger partial charge is 0.147 e. The molecule has 2 unspecified atom stereocenters. The van der Waals surface area contributed by atoms with E-state index in [1.165, 1.54) is 0 Å². The van der Waals surface area contributed by atoms with Crippen LogP contribution < -0.4 is 5.32 Å². The largest absolute Gasteiger partial charge is 0.374 e. The zero-order chi connectivity index (χ0) is 14.6. The SMILES string of the molecule is CCOC(C)(CC)C(NC)c1ccc(Br)c(Cl)c1F. The number of ether oxygens (including phenoxy) is 1. The quantitative estimate of drug-likeness (QED) is 0.749. The van der Waals surface area contributed by atoms with Crippen LogP contribution in [0.4, 0.5) is 4.39 Å². The molecular weight excluding hydrogens is 333 g/mol. The molecule has 0 fully saturated rings. The molecule has 0 aliphatic heterocycles. The summed E-state index contributed by atoms with van der Waals surface area (Å²) in [4.78, 5) is 0. The van der Waals surface area contributed by atoms with E-state index >= 15 is 0 Å². The van der Waals surface area contributed by atoms with Crippen LogP contribution in [0.1, 0.15) is 38.8 Å². The molecule has 5 heteroatoms. The van der Waals surface area contributed by atoms with Gasteiger partial charge in [0.25, 0.3) is 0 Å². The van der Waals surface area contributed by atoms with Crippen molar-refractivity contribution in [2.45, 2.75) is 38.8 Å². The molecule has 0 amide bonds. The predicted octanol–water partition coefficient (Wildman–Crippen LogP) is 4.71. The molecule has 0 saturated carbocycles. The van der Waals surface area contributed by atoms with E-state index in [1.807, 2.05) is 20.8 Å². The van der Waals surface area contributed by atoms with Gasteiger partial charge < -0.3 is 10.1 Å². The van der Waals surface area contributed by atoms with E-state index < -0.39 is 11.4 Å². The van der Waals surface area contributed by atoms with Crippen LogP contribution in [-0.2, 0) is 4.74 Å². The third kappa shape index (κ3) is 3.48. The summed E-state index contributed by atoms with van der Waals surface area (Å²) in [6.07, 6.45) is 0.763. The molecule has 0 saturated heterocycles. The van der Waals surface area contributed by atoms with E-state index in [4.69, 9.17) is 16.3 Å². The topological polar surface area (TPSA) is 21.3 Å². The van der Waals surface area contributed by atoms with Crippen molar-refractivity contribution >= 4 is 27.5 Å². The summed E-state index contributed by atoms with van der Waals surface area (Å²) in [6, 6.07) is 3.23. The maximum Gasteiger partial charge on any atom is 0.147 e. The van der Waals surface area contributed by atoms with Crippen molar-refractivity contribution in [2.75, 3.05) is 13.7 Å². The van der Waals surface area contributed by atoms with Crippen LogP contribution in [0.3, 0.4) is 0 Å². The Morgan fingerprint density at radius 3 is 2.58 bits per heavy atom. The van der Waals surface area contributed by atoms with Crippen molar-refractivity contribution in [2.24, 2.45) is 0 Å². The highest BCUT2D eigenvalue weighted by Crippen LogP contribution is 2.37. The van der Waals surface area contributed by atoms with Crippen molar-refractivity contribution in [3.63, 3.8) is 0 Å². The Kier molecular flexibility index (Phi) is 6.24. The van der Waals surface area contributed by atoms with E-state index in [9.17, 15) is 4.39 Å². The second-order valence-corrected chi connectivity index (χ2v) is 5.82. The van der Waals surface area contributed by atoms with Crippen LogP contribution in [0.5, 0.6) is 0 Å². The molecule has 1 aromatic carbocycles. The van der Waals surface area contributed by atoms with Crippen LogP contribution >= 0.6 is 27.5 Å². The highest BCUT2D eigenvalue weighted by molar-refractivity contribution is 9.10. The molecule has 1 rings (SSSR count). The van der Waals surface area contributed by atoms with Gasteiger partial charge >= 0.3 is 0 Å². The Labute approximate surface area is 127 Å². The molecule has 0 aromatic heterocycles. The minimum Gasteiger partial charge on any atom is -0.374 e. The van der Waals surface area contributed by atoms with Gasteiger partial charge in [-0.15, -0.1) is 0 Å². The molecule has 1 aromatic rings. The Morgan fingerprint density at radius 2 is 2.11 bits per heavy atom. The number of benzene rings is 1. The summed E-state index contributed by atoms with van der Waals surface area (Å²) in [5.41, 5.74) is 0.0371. The van der Waals surface area contributed by atoms with Gasteiger partial charge in [-0.3, -0.25) is 0 Å².